The van der Waals surface area contributed by atoms with Crippen LogP contribution in [-0.2, 0) is 0 Å². The van der Waals surface area contributed by atoms with Crippen molar-refractivity contribution < 1.29 is 9.90 Å². The third kappa shape index (κ3) is 2.99. The van der Waals surface area contributed by atoms with Crippen LogP contribution in [0.15, 0.2) is 23.1 Å². The Balaban J connectivity index is 0.00000121. The number of aromatic hydroxyl groups is 1. The summed E-state index contributed by atoms with van der Waals surface area (Å²) < 4.78 is 0. The van der Waals surface area contributed by atoms with Crippen molar-refractivity contribution in [2.24, 2.45) is 0 Å². The summed E-state index contributed by atoms with van der Waals surface area (Å²) in [5.41, 5.74) is 0.266. The van der Waals surface area contributed by atoms with Crippen molar-refractivity contribution in [3.05, 3.63) is 23.8 Å². The Kier molecular flexibility index (Phi) is 5.29. The minimum Gasteiger partial charge on any atom is -0.507 e. The fourth-order valence-electron chi connectivity index (χ4n) is 0.646. The summed E-state index contributed by atoms with van der Waals surface area (Å²) in [5.74, 6) is -0.0418. The molecule has 0 spiro atoms. The van der Waals surface area contributed by atoms with Gasteiger partial charge in [0.15, 0.2) is 0 Å². The first-order chi connectivity index (χ1) is 5.11. The van der Waals surface area contributed by atoms with Gasteiger partial charge < -0.3 is 5.11 Å². The summed E-state index contributed by atoms with van der Waals surface area (Å²) in [7, 11) is 0. The molecule has 0 saturated carbocycles. The van der Waals surface area contributed by atoms with Crippen LogP contribution < -0.4 is 0 Å². The van der Waals surface area contributed by atoms with Gasteiger partial charge in [-0.05, 0) is 29.8 Å². The Morgan fingerprint density at radius 3 is 2.50 bits per heavy atom. The molecule has 0 saturated heterocycles. The zero-order chi connectivity index (χ0) is 8.43. The van der Waals surface area contributed by atoms with Crippen LogP contribution >= 0.6 is 24.2 Å². The average Bonchev–Trinajstić information content (AvgIpc) is 1.94. The SMILES string of the molecule is O=C(Cl)c1ccc(S)c(O)c1.[Na]. The monoisotopic (exact) mass is 211 g/mol. The molecule has 1 aromatic rings. The molecule has 0 unspecified atom stereocenters. The molecule has 0 aromatic heterocycles. The molecule has 12 heavy (non-hydrogen) atoms. The molecular formula is C7H5ClNaO2S. The predicted molar refractivity (Wildman–Crippen MR) is 51.3 cm³/mol. The molecular weight excluding hydrogens is 207 g/mol. The zero-order valence-electron chi connectivity index (χ0n) is 6.41. The summed E-state index contributed by atoms with van der Waals surface area (Å²) in [6, 6.07) is 4.28. The summed E-state index contributed by atoms with van der Waals surface area (Å²) in [6.07, 6.45) is 0. The Morgan fingerprint density at radius 1 is 1.50 bits per heavy atom. The number of phenolic OH excluding ortho intramolecular Hbond substituents is 1. The van der Waals surface area contributed by atoms with Crippen molar-refractivity contribution >= 4 is 59.0 Å². The molecule has 0 fully saturated rings. The van der Waals surface area contributed by atoms with E-state index in [-0.39, 0.29) is 40.9 Å². The molecule has 0 heterocycles. The number of rotatable bonds is 1. The van der Waals surface area contributed by atoms with Crippen molar-refractivity contribution in [3.63, 3.8) is 0 Å². The normalized spacial score (nSPS) is 8.83. The summed E-state index contributed by atoms with van der Waals surface area (Å²) in [6.45, 7) is 0. The standard InChI is InChI=1S/C7H5ClO2S.Na/c8-7(10)4-1-2-6(11)5(9)3-4;/h1-3,9,11H;. The van der Waals surface area contributed by atoms with E-state index in [1.165, 1.54) is 18.2 Å². The van der Waals surface area contributed by atoms with E-state index in [1.807, 2.05) is 0 Å². The molecule has 59 valence electrons. The molecule has 0 aliphatic heterocycles. The van der Waals surface area contributed by atoms with Crippen molar-refractivity contribution in [3.8, 4) is 5.75 Å². The maximum Gasteiger partial charge on any atom is 0.252 e. The Bertz CT molecular complexity index is 303. The molecule has 1 rings (SSSR count). The molecule has 1 radical (unpaired) electrons. The van der Waals surface area contributed by atoms with Gasteiger partial charge in [0.25, 0.3) is 5.24 Å². The number of carbonyl (C=O) groups excluding carboxylic acids is 1. The van der Waals surface area contributed by atoms with Gasteiger partial charge in [-0.3, -0.25) is 4.79 Å². The first kappa shape index (κ1) is 12.3. The number of carbonyl (C=O) groups is 1. The first-order valence-corrected chi connectivity index (χ1v) is 3.65. The average molecular weight is 212 g/mol. The van der Waals surface area contributed by atoms with E-state index in [4.69, 9.17) is 16.7 Å². The predicted octanol–water partition coefficient (Wildman–Crippen LogP) is 1.68. The summed E-state index contributed by atoms with van der Waals surface area (Å²) >= 11 is 9.06. The second kappa shape index (κ2) is 5.14. The second-order valence-electron chi connectivity index (χ2n) is 1.98. The topological polar surface area (TPSA) is 37.3 Å². The van der Waals surface area contributed by atoms with Crippen LogP contribution in [-0.4, -0.2) is 39.9 Å². The number of hydrogen-bond donors (Lipinski definition) is 2. The van der Waals surface area contributed by atoms with E-state index in [0.717, 1.165) is 0 Å². The molecule has 0 aliphatic rings. The van der Waals surface area contributed by atoms with Crippen LogP contribution in [0.25, 0.3) is 0 Å². The van der Waals surface area contributed by atoms with Gasteiger partial charge in [-0.2, -0.15) is 0 Å². The van der Waals surface area contributed by atoms with E-state index < -0.39 is 5.24 Å². The fraction of sp³-hybridized carbons (Fsp3) is 0. The van der Waals surface area contributed by atoms with E-state index in [2.05, 4.69) is 12.6 Å². The summed E-state index contributed by atoms with van der Waals surface area (Å²) in [4.78, 5) is 11.0. The molecule has 2 nitrogen and oxygen atoms in total. The van der Waals surface area contributed by atoms with Gasteiger partial charge in [0.1, 0.15) is 5.75 Å². The maximum absolute atomic E-state index is 10.5. The minimum atomic E-state index is -0.589. The van der Waals surface area contributed by atoms with Crippen LogP contribution in [0.1, 0.15) is 10.4 Å². The molecule has 0 bridgehead atoms. The molecule has 5 heteroatoms. The van der Waals surface area contributed by atoms with Gasteiger partial charge in [-0.15, -0.1) is 12.6 Å². The van der Waals surface area contributed by atoms with Gasteiger partial charge in [0, 0.05) is 40.0 Å². The maximum atomic E-state index is 10.5. The second-order valence-corrected chi connectivity index (χ2v) is 2.80. The third-order valence-electron chi connectivity index (χ3n) is 1.20. The molecule has 0 amide bonds. The van der Waals surface area contributed by atoms with Crippen molar-refractivity contribution in [1.82, 2.24) is 0 Å². The molecule has 0 atom stereocenters. The van der Waals surface area contributed by atoms with Crippen molar-refractivity contribution in [2.75, 3.05) is 0 Å². The van der Waals surface area contributed by atoms with E-state index in [9.17, 15) is 4.79 Å². The molecule has 1 aromatic carbocycles. The fourth-order valence-corrected chi connectivity index (χ4v) is 0.902. The van der Waals surface area contributed by atoms with Crippen molar-refractivity contribution in [2.45, 2.75) is 4.90 Å². The van der Waals surface area contributed by atoms with Crippen LogP contribution in [0, 0.1) is 0 Å². The van der Waals surface area contributed by atoms with E-state index in [1.54, 1.807) is 0 Å². The van der Waals surface area contributed by atoms with Gasteiger partial charge in [-0.25, -0.2) is 0 Å². The van der Waals surface area contributed by atoms with Crippen LogP contribution in [0.2, 0.25) is 0 Å². The summed E-state index contributed by atoms with van der Waals surface area (Å²) in [5, 5.41) is 8.47. The van der Waals surface area contributed by atoms with Gasteiger partial charge in [0.2, 0.25) is 0 Å². The van der Waals surface area contributed by atoms with Crippen LogP contribution in [0.4, 0.5) is 0 Å². The quantitative estimate of drug-likeness (QED) is 0.421. The Morgan fingerprint density at radius 2 is 2.08 bits per heavy atom. The van der Waals surface area contributed by atoms with Crippen molar-refractivity contribution in [1.29, 1.82) is 0 Å². The minimum absolute atomic E-state index is 0. The number of halogens is 1. The number of thiol groups is 1. The third-order valence-corrected chi connectivity index (χ3v) is 1.80. The molecule has 0 aliphatic carbocycles. The van der Waals surface area contributed by atoms with E-state index >= 15 is 0 Å². The van der Waals surface area contributed by atoms with Crippen LogP contribution in [0.3, 0.4) is 0 Å². The number of benzene rings is 1. The smallest absolute Gasteiger partial charge is 0.252 e. The van der Waals surface area contributed by atoms with Gasteiger partial charge in [-0.1, -0.05) is 0 Å². The molecule has 1 N–H and O–H groups in total. The van der Waals surface area contributed by atoms with Gasteiger partial charge in [0.05, 0.1) is 0 Å². The number of phenols is 1. The number of hydrogen-bond acceptors (Lipinski definition) is 3. The zero-order valence-corrected chi connectivity index (χ0v) is 10.1. The Hall–Kier alpha value is 0.330. The van der Waals surface area contributed by atoms with Crippen LogP contribution in [0.5, 0.6) is 5.75 Å². The Labute approximate surface area is 103 Å². The first-order valence-electron chi connectivity index (χ1n) is 2.83. The largest absolute Gasteiger partial charge is 0.507 e. The van der Waals surface area contributed by atoms with E-state index in [0.29, 0.717) is 4.90 Å². The van der Waals surface area contributed by atoms with Gasteiger partial charge >= 0.3 is 0 Å².